The van der Waals surface area contributed by atoms with E-state index in [1.165, 1.54) is 13.2 Å². The second kappa shape index (κ2) is 4.61. The number of aryl methyl sites for hydroxylation is 1. The summed E-state index contributed by atoms with van der Waals surface area (Å²) in [7, 11) is 1.65. The Kier molecular flexibility index (Phi) is 3.40. The van der Waals surface area contributed by atoms with E-state index in [1.807, 2.05) is 19.0 Å². The number of esters is 1. The van der Waals surface area contributed by atoms with Crippen molar-refractivity contribution in [1.82, 2.24) is 4.90 Å². The second-order valence-corrected chi connectivity index (χ2v) is 6.96. The molecule has 6 heteroatoms. The molecule has 0 amide bonds. The normalized spacial score (nSPS) is 20.4. The van der Waals surface area contributed by atoms with Crippen molar-refractivity contribution in [1.29, 1.82) is 0 Å². The standard InChI is InChI=1S/C13H17NO4S/c1-8-5-10-11(14(2)3)7-19(16,17)12(10)6-9(8)13(15)18-4/h5-6,11H,7H2,1-4H3. The van der Waals surface area contributed by atoms with E-state index in [9.17, 15) is 13.2 Å². The Morgan fingerprint density at radius 2 is 2.00 bits per heavy atom. The minimum atomic E-state index is -3.33. The molecule has 1 unspecified atom stereocenters. The third-order valence-electron chi connectivity index (χ3n) is 3.46. The van der Waals surface area contributed by atoms with Gasteiger partial charge in [-0.1, -0.05) is 6.07 Å². The SMILES string of the molecule is COC(=O)c1cc2c(cc1C)C(N(C)C)CS2(=O)=O. The van der Waals surface area contributed by atoms with Crippen LogP contribution < -0.4 is 0 Å². The summed E-state index contributed by atoms with van der Waals surface area (Å²) < 4.78 is 29.0. The van der Waals surface area contributed by atoms with Gasteiger partial charge < -0.3 is 9.64 Å². The fourth-order valence-corrected chi connectivity index (χ4v) is 4.31. The highest BCUT2D eigenvalue weighted by Crippen LogP contribution is 2.37. The second-order valence-electron chi connectivity index (χ2n) is 4.96. The number of benzene rings is 1. The number of hydrogen-bond acceptors (Lipinski definition) is 5. The van der Waals surface area contributed by atoms with Crippen molar-refractivity contribution in [2.45, 2.75) is 17.9 Å². The van der Waals surface area contributed by atoms with Gasteiger partial charge in [0.1, 0.15) is 0 Å². The maximum Gasteiger partial charge on any atom is 0.338 e. The smallest absolute Gasteiger partial charge is 0.338 e. The van der Waals surface area contributed by atoms with Gasteiger partial charge in [-0.3, -0.25) is 0 Å². The Morgan fingerprint density at radius 3 is 2.53 bits per heavy atom. The molecule has 104 valence electrons. The average molecular weight is 283 g/mol. The lowest BCUT2D eigenvalue weighted by Gasteiger charge is -2.19. The topological polar surface area (TPSA) is 63.7 Å². The molecule has 0 saturated carbocycles. The van der Waals surface area contributed by atoms with Gasteiger partial charge in [-0.2, -0.15) is 0 Å². The molecule has 1 heterocycles. The highest BCUT2D eigenvalue weighted by Gasteiger charge is 2.37. The van der Waals surface area contributed by atoms with Gasteiger partial charge in [0.05, 0.1) is 23.3 Å². The van der Waals surface area contributed by atoms with Crippen LogP contribution in [0.15, 0.2) is 17.0 Å². The van der Waals surface area contributed by atoms with Gasteiger partial charge in [0.25, 0.3) is 0 Å². The lowest BCUT2D eigenvalue weighted by atomic mass is 10.0. The summed E-state index contributed by atoms with van der Waals surface area (Å²) >= 11 is 0. The molecule has 2 rings (SSSR count). The van der Waals surface area contributed by atoms with Gasteiger partial charge in [-0.15, -0.1) is 0 Å². The molecule has 0 saturated heterocycles. The first-order valence-electron chi connectivity index (χ1n) is 5.90. The molecule has 0 radical (unpaired) electrons. The summed E-state index contributed by atoms with van der Waals surface area (Å²) in [5.41, 5.74) is 1.80. The van der Waals surface area contributed by atoms with E-state index < -0.39 is 15.8 Å². The van der Waals surface area contributed by atoms with Crippen LogP contribution in [0.3, 0.4) is 0 Å². The zero-order valence-corrected chi connectivity index (χ0v) is 12.2. The number of hydrogen-bond donors (Lipinski definition) is 0. The van der Waals surface area contributed by atoms with E-state index in [-0.39, 0.29) is 16.7 Å². The molecule has 1 aliphatic rings. The van der Waals surface area contributed by atoms with E-state index in [1.54, 1.807) is 13.0 Å². The fraction of sp³-hybridized carbons (Fsp3) is 0.462. The number of carbonyl (C=O) groups excluding carboxylic acids is 1. The molecule has 0 fully saturated rings. The molecule has 1 aliphatic heterocycles. The van der Waals surface area contributed by atoms with E-state index in [0.29, 0.717) is 5.56 Å². The first-order chi connectivity index (χ1) is 8.77. The number of sulfone groups is 1. The average Bonchev–Trinajstić information content (AvgIpc) is 2.59. The van der Waals surface area contributed by atoms with E-state index in [0.717, 1.165) is 11.1 Å². The number of rotatable bonds is 2. The van der Waals surface area contributed by atoms with Gasteiger partial charge in [-0.25, -0.2) is 13.2 Å². The van der Waals surface area contributed by atoms with Gasteiger partial charge in [-0.05, 0) is 38.2 Å². The number of nitrogens with zero attached hydrogens (tertiary/aromatic N) is 1. The molecule has 0 N–H and O–H groups in total. The van der Waals surface area contributed by atoms with Crippen LogP contribution in [0.2, 0.25) is 0 Å². The Labute approximate surface area is 113 Å². The van der Waals surface area contributed by atoms with Crippen molar-refractivity contribution in [3.05, 3.63) is 28.8 Å². The molecule has 5 nitrogen and oxygen atoms in total. The number of methoxy groups -OCH3 is 1. The number of carbonyl (C=O) groups is 1. The highest BCUT2D eigenvalue weighted by atomic mass is 32.2. The van der Waals surface area contributed by atoms with Crippen LogP contribution in [0.4, 0.5) is 0 Å². The molecule has 1 aromatic rings. The summed E-state index contributed by atoms with van der Waals surface area (Å²) in [6.07, 6.45) is 0. The zero-order chi connectivity index (χ0) is 14.4. The summed E-state index contributed by atoms with van der Waals surface area (Å²) in [5.74, 6) is -0.455. The minimum absolute atomic E-state index is 0.0550. The molecule has 1 aromatic carbocycles. The lowest BCUT2D eigenvalue weighted by Crippen LogP contribution is -2.21. The predicted molar refractivity (Wildman–Crippen MR) is 71.0 cm³/mol. The van der Waals surface area contributed by atoms with Crippen molar-refractivity contribution < 1.29 is 17.9 Å². The maximum absolute atomic E-state index is 12.2. The Balaban J connectivity index is 2.66. The van der Waals surface area contributed by atoms with Crippen LogP contribution >= 0.6 is 0 Å². The van der Waals surface area contributed by atoms with Crippen molar-refractivity contribution in [2.24, 2.45) is 0 Å². The summed E-state index contributed by atoms with van der Waals surface area (Å²) in [4.78, 5) is 13.8. The summed E-state index contributed by atoms with van der Waals surface area (Å²) in [6.45, 7) is 1.78. The van der Waals surface area contributed by atoms with E-state index >= 15 is 0 Å². The molecule has 0 spiro atoms. The summed E-state index contributed by atoms with van der Waals surface area (Å²) in [6, 6.07) is 3.05. The molecule has 19 heavy (non-hydrogen) atoms. The highest BCUT2D eigenvalue weighted by molar-refractivity contribution is 7.91. The van der Waals surface area contributed by atoms with Crippen molar-refractivity contribution in [3.63, 3.8) is 0 Å². The lowest BCUT2D eigenvalue weighted by molar-refractivity contribution is 0.0599. The minimum Gasteiger partial charge on any atom is -0.465 e. The fourth-order valence-electron chi connectivity index (χ4n) is 2.38. The first-order valence-corrected chi connectivity index (χ1v) is 7.55. The zero-order valence-electron chi connectivity index (χ0n) is 11.4. The molecule has 1 atom stereocenters. The van der Waals surface area contributed by atoms with E-state index in [4.69, 9.17) is 0 Å². The van der Waals surface area contributed by atoms with Gasteiger partial charge in [0, 0.05) is 6.04 Å². The molecule has 0 aliphatic carbocycles. The van der Waals surface area contributed by atoms with Crippen molar-refractivity contribution in [2.75, 3.05) is 27.0 Å². The maximum atomic E-state index is 12.2. The van der Waals surface area contributed by atoms with Crippen LogP contribution in [-0.4, -0.2) is 46.2 Å². The Hall–Kier alpha value is -1.40. The van der Waals surface area contributed by atoms with Crippen LogP contribution in [0, 0.1) is 6.92 Å². The number of fused-ring (bicyclic) bond motifs is 1. The van der Waals surface area contributed by atoms with Crippen LogP contribution in [0.25, 0.3) is 0 Å². The van der Waals surface area contributed by atoms with Crippen molar-refractivity contribution in [3.8, 4) is 0 Å². The summed E-state index contributed by atoms with van der Waals surface area (Å²) in [5, 5.41) is 0. The quantitative estimate of drug-likeness (QED) is 0.762. The Morgan fingerprint density at radius 1 is 1.37 bits per heavy atom. The van der Waals surface area contributed by atoms with Gasteiger partial charge >= 0.3 is 5.97 Å². The van der Waals surface area contributed by atoms with Gasteiger partial charge in [0.2, 0.25) is 0 Å². The molecular weight excluding hydrogens is 266 g/mol. The van der Waals surface area contributed by atoms with Crippen LogP contribution in [0.5, 0.6) is 0 Å². The molecular formula is C13H17NO4S. The van der Waals surface area contributed by atoms with Crippen LogP contribution in [0.1, 0.15) is 27.5 Å². The third-order valence-corrected chi connectivity index (χ3v) is 5.24. The van der Waals surface area contributed by atoms with E-state index in [2.05, 4.69) is 4.74 Å². The monoisotopic (exact) mass is 283 g/mol. The molecule has 0 bridgehead atoms. The van der Waals surface area contributed by atoms with Gasteiger partial charge in [0.15, 0.2) is 9.84 Å². The first kappa shape index (κ1) is 14.0. The largest absolute Gasteiger partial charge is 0.465 e. The van der Waals surface area contributed by atoms with Crippen molar-refractivity contribution >= 4 is 15.8 Å². The third kappa shape index (κ3) is 2.26. The number of ether oxygens (including phenoxy) is 1. The van der Waals surface area contributed by atoms with Crippen LogP contribution in [-0.2, 0) is 14.6 Å². The molecule has 0 aromatic heterocycles. The Bertz CT molecular complexity index is 634. The predicted octanol–water partition coefficient (Wildman–Crippen LogP) is 1.17.